The molecular formula is C16H24N2O3. The molecule has 1 N–H and O–H groups in total. The molecule has 0 radical (unpaired) electrons. The minimum atomic E-state index is -0.534. The van der Waals surface area contributed by atoms with Gasteiger partial charge in [-0.05, 0) is 51.7 Å². The van der Waals surface area contributed by atoms with Crippen LogP contribution in [0.25, 0.3) is 0 Å². The van der Waals surface area contributed by atoms with Crippen LogP contribution >= 0.6 is 0 Å². The molecule has 0 spiro atoms. The molecular weight excluding hydrogens is 268 g/mol. The van der Waals surface area contributed by atoms with Crippen LogP contribution in [0.4, 0.5) is 4.79 Å². The number of β-amino-alcohol motifs (C(OH)–C–C–N with tert-alkyl or cyclic N) is 1. The molecule has 1 aromatic rings. The highest BCUT2D eigenvalue weighted by molar-refractivity contribution is 5.68. The van der Waals surface area contributed by atoms with E-state index >= 15 is 0 Å². The summed E-state index contributed by atoms with van der Waals surface area (Å²) >= 11 is 0. The highest BCUT2D eigenvalue weighted by Gasteiger charge is 2.32. The molecule has 2 heterocycles. The van der Waals surface area contributed by atoms with Gasteiger partial charge in [-0.3, -0.25) is 4.98 Å². The van der Waals surface area contributed by atoms with Gasteiger partial charge in [0.2, 0.25) is 0 Å². The Morgan fingerprint density at radius 1 is 1.48 bits per heavy atom. The van der Waals surface area contributed by atoms with Gasteiger partial charge in [0.1, 0.15) is 5.60 Å². The third-order valence-electron chi connectivity index (χ3n) is 3.57. The number of carbonyl (C=O) groups excluding carboxylic acids is 1. The zero-order valence-corrected chi connectivity index (χ0v) is 13.0. The summed E-state index contributed by atoms with van der Waals surface area (Å²) in [4.78, 5) is 17.9. The van der Waals surface area contributed by atoms with E-state index in [4.69, 9.17) is 4.74 Å². The second kappa shape index (κ2) is 6.43. The van der Waals surface area contributed by atoms with E-state index < -0.39 is 11.7 Å². The van der Waals surface area contributed by atoms with Crippen LogP contribution in [0.1, 0.15) is 32.9 Å². The van der Waals surface area contributed by atoms with E-state index in [1.165, 1.54) is 0 Å². The molecule has 2 rings (SSSR count). The number of aliphatic hydroxyl groups excluding tert-OH is 1. The quantitative estimate of drug-likeness (QED) is 0.908. The minimum Gasteiger partial charge on any atom is -0.444 e. The first-order valence-corrected chi connectivity index (χ1v) is 7.41. The van der Waals surface area contributed by atoms with Gasteiger partial charge in [0.05, 0.1) is 12.6 Å². The van der Waals surface area contributed by atoms with Gasteiger partial charge in [0, 0.05) is 18.4 Å². The number of nitrogens with zero attached hydrogens (tertiary/aromatic N) is 2. The van der Waals surface area contributed by atoms with Gasteiger partial charge in [-0.15, -0.1) is 0 Å². The summed E-state index contributed by atoms with van der Waals surface area (Å²) in [6, 6.07) is 5.79. The molecule has 0 aromatic carbocycles. The fourth-order valence-electron chi connectivity index (χ4n) is 2.50. The van der Waals surface area contributed by atoms with Crippen molar-refractivity contribution >= 4 is 6.09 Å². The third-order valence-corrected chi connectivity index (χ3v) is 3.57. The van der Waals surface area contributed by atoms with Gasteiger partial charge in [-0.25, -0.2) is 4.79 Å². The molecule has 2 unspecified atom stereocenters. The van der Waals surface area contributed by atoms with E-state index in [1.807, 2.05) is 39.0 Å². The monoisotopic (exact) mass is 292 g/mol. The Kier molecular flexibility index (Phi) is 4.83. The Hall–Kier alpha value is -1.62. The van der Waals surface area contributed by atoms with Crippen molar-refractivity contribution in [1.29, 1.82) is 0 Å². The van der Waals surface area contributed by atoms with Crippen molar-refractivity contribution in [2.24, 2.45) is 5.92 Å². The summed E-state index contributed by atoms with van der Waals surface area (Å²) in [6.07, 6.45) is 2.38. The van der Waals surface area contributed by atoms with Crippen molar-refractivity contribution in [3.05, 3.63) is 30.1 Å². The lowest BCUT2D eigenvalue weighted by molar-refractivity contribution is -0.0126. The number of amides is 1. The van der Waals surface area contributed by atoms with E-state index in [2.05, 4.69) is 4.98 Å². The molecule has 1 fully saturated rings. The van der Waals surface area contributed by atoms with Crippen LogP contribution in [0.15, 0.2) is 24.4 Å². The number of hydrogen-bond donors (Lipinski definition) is 1. The largest absolute Gasteiger partial charge is 0.444 e. The van der Waals surface area contributed by atoms with Crippen LogP contribution in [-0.2, 0) is 11.2 Å². The second-order valence-electron chi connectivity index (χ2n) is 6.57. The molecule has 0 saturated carbocycles. The molecule has 1 aliphatic heterocycles. The standard InChI is InChI=1S/C16H24N2O3/c1-16(2,3)21-15(20)18-9-7-12(14(19)11-18)10-13-6-4-5-8-17-13/h4-6,8,12,14,19H,7,9-11H2,1-3H3. The molecule has 0 aliphatic carbocycles. The van der Waals surface area contributed by atoms with Crippen LogP contribution in [0, 0.1) is 5.92 Å². The SMILES string of the molecule is CC(C)(C)OC(=O)N1CCC(Cc2ccccn2)C(O)C1. The van der Waals surface area contributed by atoms with Crippen molar-refractivity contribution in [2.75, 3.05) is 13.1 Å². The smallest absolute Gasteiger partial charge is 0.410 e. The van der Waals surface area contributed by atoms with Crippen LogP contribution in [0.2, 0.25) is 0 Å². The predicted molar refractivity (Wildman–Crippen MR) is 79.9 cm³/mol. The Morgan fingerprint density at radius 3 is 2.81 bits per heavy atom. The summed E-state index contributed by atoms with van der Waals surface area (Å²) < 4.78 is 5.34. The maximum atomic E-state index is 12.0. The molecule has 1 amide bonds. The number of ether oxygens (including phenoxy) is 1. The number of carbonyl (C=O) groups is 1. The van der Waals surface area contributed by atoms with E-state index in [-0.39, 0.29) is 12.0 Å². The van der Waals surface area contributed by atoms with Crippen molar-refractivity contribution in [3.63, 3.8) is 0 Å². The second-order valence-corrected chi connectivity index (χ2v) is 6.57. The summed E-state index contributed by atoms with van der Waals surface area (Å²) in [7, 11) is 0. The molecule has 1 aliphatic rings. The highest BCUT2D eigenvalue weighted by Crippen LogP contribution is 2.23. The summed E-state index contributed by atoms with van der Waals surface area (Å²) in [5.74, 6) is 0.138. The molecule has 1 saturated heterocycles. The van der Waals surface area contributed by atoms with Crippen LogP contribution in [0.3, 0.4) is 0 Å². The molecule has 0 bridgehead atoms. The first-order chi connectivity index (χ1) is 9.85. The maximum Gasteiger partial charge on any atom is 0.410 e. The lowest BCUT2D eigenvalue weighted by Crippen LogP contribution is -2.48. The van der Waals surface area contributed by atoms with Gasteiger partial charge < -0.3 is 14.7 Å². The number of pyridine rings is 1. The number of aromatic nitrogens is 1. The zero-order valence-electron chi connectivity index (χ0n) is 13.0. The van der Waals surface area contributed by atoms with Crippen LogP contribution in [-0.4, -0.2) is 45.9 Å². The number of hydrogen-bond acceptors (Lipinski definition) is 4. The first kappa shape index (κ1) is 15.8. The molecule has 116 valence electrons. The molecule has 5 heteroatoms. The Balaban J connectivity index is 1.89. The fraction of sp³-hybridized carbons (Fsp3) is 0.625. The van der Waals surface area contributed by atoms with E-state index in [0.717, 1.165) is 18.5 Å². The number of aliphatic hydroxyl groups is 1. The third kappa shape index (κ3) is 4.70. The zero-order chi connectivity index (χ0) is 15.5. The summed E-state index contributed by atoms with van der Waals surface area (Å²) in [5, 5.41) is 10.3. The van der Waals surface area contributed by atoms with Crippen molar-refractivity contribution in [3.8, 4) is 0 Å². The van der Waals surface area contributed by atoms with E-state index in [9.17, 15) is 9.90 Å². The number of piperidine rings is 1. The fourth-order valence-corrected chi connectivity index (χ4v) is 2.50. The normalized spacial score (nSPS) is 23.0. The predicted octanol–water partition coefficient (Wildman–Crippen LogP) is 2.24. The van der Waals surface area contributed by atoms with Crippen molar-refractivity contribution in [1.82, 2.24) is 9.88 Å². The highest BCUT2D eigenvalue weighted by atomic mass is 16.6. The van der Waals surface area contributed by atoms with Gasteiger partial charge >= 0.3 is 6.09 Å². The van der Waals surface area contributed by atoms with E-state index in [0.29, 0.717) is 13.1 Å². The van der Waals surface area contributed by atoms with Crippen molar-refractivity contribution in [2.45, 2.75) is 45.3 Å². The maximum absolute atomic E-state index is 12.0. The minimum absolute atomic E-state index is 0.138. The van der Waals surface area contributed by atoms with Crippen LogP contribution in [0.5, 0.6) is 0 Å². The molecule has 5 nitrogen and oxygen atoms in total. The Labute approximate surface area is 125 Å². The van der Waals surface area contributed by atoms with Gasteiger partial charge in [0.15, 0.2) is 0 Å². The summed E-state index contributed by atoms with van der Waals surface area (Å²) in [5.41, 5.74) is 0.472. The average Bonchev–Trinajstić information content (AvgIpc) is 2.40. The topological polar surface area (TPSA) is 62.7 Å². The first-order valence-electron chi connectivity index (χ1n) is 7.41. The lowest BCUT2D eigenvalue weighted by Gasteiger charge is -2.36. The Morgan fingerprint density at radius 2 is 2.24 bits per heavy atom. The van der Waals surface area contributed by atoms with Gasteiger partial charge in [-0.2, -0.15) is 0 Å². The van der Waals surface area contributed by atoms with Gasteiger partial charge in [-0.1, -0.05) is 6.07 Å². The van der Waals surface area contributed by atoms with Gasteiger partial charge in [0.25, 0.3) is 0 Å². The number of rotatable bonds is 2. The Bertz CT molecular complexity index is 470. The molecule has 2 atom stereocenters. The van der Waals surface area contributed by atoms with Crippen LogP contribution < -0.4 is 0 Å². The average molecular weight is 292 g/mol. The van der Waals surface area contributed by atoms with Crippen molar-refractivity contribution < 1.29 is 14.6 Å². The molecule has 21 heavy (non-hydrogen) atoms. The van der Waals surface area contributed by atoms with E-state index in [1.54, 1.807) is 11.1 Å². The lowest BCUT2D eigenvalue weighted by atomic mass is 9.89. The molecule has 1 aromatic heterocycles. The number of likely N-dealkylation sites (tertiary alicyclic amines) is 1. The summed E-state index contributed by atoms with van der Waals surface area (Å²) in [6.45, 7) is 6.47.